The van der Waals surface area contributed by atoms with Gasteiger partial charge in [-0.3, -0.25) is 20.0 Å². The zero-order chi connectivity index (χ0) is 23.9. The van der Waals surface area contributed by atoms with Crippen LogP contribution in [0.2, 0.25) is 5.02 Å². The molecule has 0 aliphatic carbocycles. The second-order valence-electron chi connectivity index (χ2n) is 7.76. The van der Waals surface area contributed by atoms with Gasteiger partial charge in [-0.1, -0.05) is 16.7 Å². The molecule has 178 valence electrons. The van der Waals surface area contributed by atoms with Crippen LogP contribution in [0.1, 0.15) is 18.0 Å². The van der Waals surface area contributed by atoms with Gasteiger partial charge in [0.05, 0.1) is 19.9 Å². The predicted molar refractivity (Wildman–Crippen MR) is 125 cm³/mol. The first-order chi connectivity index (χ1) is 16.5. The van der Waals surface area contributed by atoms with Gasteiger partial charge in [-0.2, -0.15) is 0 Å². The molecule has 1 saturated heterocycles. The van der Waals surface area contributed by atoms with Crippen LogP contribution >= 0.6 is 11.6 Å². The number of carbonyl (C=O) groups is 2. The van der Waals surface area contributed by atoms with Gasteiger partial charge in [0.15, 0.2) is 0 Å². The van der Waals surface area contributed by atoms with Gasteiger partial charge in [-0.15, -0.1) is 5.10 Å². The Balaban J connectivity index is 1.43. The lowest BCUT2D eigenvalue weighted by Gasteiger charge is -2.38. The van der Waals surface area contributed by atoms with Gasteiger partial charge >= 0.3 is 12.0 Å². The molecule has 3 aromatic rings. The maximum atomic E-state index is 12.7. The van der Waals surface area contributed by atoms with Crippen LogP contribution in [0.3, 0.4) is 0 Å². The third kappa shape index (κ3) is 6.21. The van der Waals surface area contributed by atoms with Crippen molar-refractivity contribution < 1.29 is 18.7 Å². The largest absolute Gasteiger partial charge is 0.495 e. The number of benzene rings is 1. The number of hydrogen-bond acceptors (Lipinski definition) is 8. The molecule has 34 heavy (non-hydrogen) atoms. The van der Waals surface area contributed by atoms with E-state index >= 15 is 0 Å². The molecule has 3 amide bonds. The Morgan fingerprint density at radius 2 is 2.03 bits per heavy atom. The minimum Gasteiger partial charge on any atom is -0.495 e. The van der Waals surface area contributed by atoms with Crippen LogP contribution in [0.15, 0.2) is 53.4 Å². The quantitative estimate of drug-likeness (QED) is 0.465. The van der Waals surface area contributed by atoms with Crippen molar-refractivity contribution in [3.63, 3.8) is 0 Å². The van der Waals surface area contributed by atoms with Gasteiger partial charge < -0.3 is 19.8 Å². The smallest absolute Gasteiger partial charge is 0.322 e. The van der Waals surface area contributed by atoms with Gasteiger partial charge in [0.25, 0.3) is 0 Å². The Hall–Kier alpha value is -3.70. The van der Waals surface area contributed by atoms with Gasteiger partial charge in [0.1, 0.15) is 5.75 Å². The standard InChI is InChI=1S/C22H24ClN7O4/c1-33-16-6-7-18(24-10-16)17-11-30(12-20(31)28-22-29-25-13-34-22)9-8-19(17)27-21(32)26-15-4-2-14(23)3-5-15/h2-7,10,13,17,19H,8-9,11-12H2,1H3,(H2,26,27,32)(H,28,29,31)/t17-,19+/m0/s1. The lowest BCUT2D eigenvalue weighted by atomic mass is 9.88. The zero-order valence-corrected chi connectivity index (χ0v) is 19.2. The molecule has 3 N–H and O–H groups in total. The average molecular weight is 486 g/mol. The molecule has 4 rings (SSSR count). The Bertz CT molecular complexity index is 1090. The van der Waals surface area contributed by atoms with Gasteiger partial charge in [-0.05, 0) is 42.8 Å². The van der Waals surface area contributed by atoms with Crippen LogP contribution in [-0.2, 0) is 4.79 Å². The highest BCUT2D eigenvalue weighted by Crippen LogP contribution is 2.27. The van der Waals surface area contributed by atoms with E-state index in [9.17, 15) is 9.59 Å². The highest BCUT2D eigenvalue weighted by atomic mass is 35.5. The summed E-state index contributed by atoms with van der Waals surface area (Å²) in [6, 6.07) is 10.1. The van der Waals surface area contributed by atoms with Crippen LogP contribution in [0.5, 0.6) is 5.75 Å². The number of halogens is 1. The Morgan fingerprint density at radius 1 is 1.21 bits per heavy atom. The number of methoxy groups -OCH3 is 1. The maximum Gasteiger partial charge on any atom is 0.322 e. The SMILES string of the molecule is COc1ccc([C@@H]2CN(CC(=O)Nc3nnco3)CC[C@H]2NC(=O)Nc2ccc(Cl)cc2)nc1. The fourth-order valence-electron chi connectivity index (χ4n) is 3.83. The summed E-state index contributed by atoms with van der Waals surface area (Å²) in [5, 5.41) is 16.2. The Kier molecular flexibility index (Phi) is 7.55. The highest BCUT2D eigenvalue weighted by Gasteiger charge is 2.33. The molecule has 0 spiro atoms. The van der Waals surface area contributed by atoms with Crippen LogP contribution < -0.4 is 20.7 Å². The third-order valence-electron chi connectivity index (χ3n) is 5.46. The molecular formula is C22H24ClN7O4. The number of piperidine rings is 1. The Morgan fingerprint density at radius 3 is 2.71 bits per heavy atom. The first kappa shape index (κ1) is 23.5. The number of aromatic nitrogens is 3. The number of nitrogens with one attached hydrogen (secondary N) is 3. The fraction of sp³-hybridized carbons (Fsp3) is 0.318. The van der Waals surface area contributed by atoms with Gasteiger partial charge in [0.2, 0.25) is 12.3 Å². The molecule has 0 unspecified atom stereocenters. The summed E-state index contributed by atoms with van der Waals surface area (Å²) in [5.41, 5.74) is 1.43. The number of nitrogens with zero attached hydrogens (tertiary/aromatic N) is 4. The lowest BCUT2D eigenvalue weighted by molar-refractivity contribution is -0.117. The van der Waals surface area contributed by atoms with Crippen molar-refractivity contribution in [3.8, 4) is 5.75 Å². The van der Waals surface area contributed by atoms with E-state index in [4.69, 9.17) is 20.8 Å². The lowest BCUT2D eigenvalue weighted by Crippen LogP contribution is -2.52. The second-order valence-corrected chi connectivity index (χ2v) is 8.19. The molecule has 0 saturated carbocycles. The molecule has 1 fully saturated rings. The number of hydrogen-bond donors (Lipinski definition) is 3. The molecule has 3 heterocycles. The first-order valence-electron chi connectivity index (χ1n) is 10.6. The number of likely N-dealkylation sites (tertiary alicyclic amines) is 1. The highest BCUT2D eigenvalue weighted by molar-refractivity contribution is 6.30. The number of carbonyl (C=O) groups excluding carboxylic acids is 2. The summed E-state index contributed by atoms with van der Waals surface area (Å²) < 4.78 is 10.2. The topological polar surface area (TPSA) is 135 Å². The summed E-state index contributed by atoms with van der Waals surface area (Å²) in [6.07, 6.45) is 3.41. The van der Waals surface area contributed by atoms with Crippen molar-refractivity contribution in [2.45, 2.75) is 18.4 Å². The van der Waals surface area contributed by atoms with Crippen LogP contribution in [-0.4, -0.2) is 64.8 Å². The first-order valence-corrected chi connectivity index (χ1v) is 11.0. The van der Waals surface area contributed by atoms with E-state index in [0.717, 1.165) is 12.1 Å². The number of ether oxygens (including phenoxy) is 1. The zero-order valence-electron chi connectivity index (χ0n) is 18.4. The number of urea groups is 1. The summed E-state index contributed by atoms with van der Waals surface area (Å²) in [5.74, 6) is 0.227. The molecule has 11 nitrogen and oxygen atoms in total. The second kappa shape index (κ2) is 10.9. The van der Waals surface area contributed by atoms with Crippen LogP contribution in [0.25, 0.3) is 0 Å². The number of amides is 3. The van der Waals surface area contributed by atoms with Crippen LogP contribution in [0.4, 0.5) is 16.5 Å². The number of pyridine rings is 1. The molecule has 0 radical (unpaired) electrons. The molecule has 2 atom stereocenters. The third-order valence-corrected chi connectivity index (χ3v) is 5.72. The Labute approximate surface area is 200 Å². The molecule has 1 aliphatic heterocycles. The molecule has 2 aromatic heterocycles. The minimum atomic E-state index is -0.326. The van der Waals surface area contributed by atoms with Crippen molar-refractivity contribution in [2.75, 3.05) is 37.4 Å². The summed E-state index contributed by atoms with van der Waals surface area (Å²) in [4.78, 5) is 31.6. The van der Waals surface area contributed by atoms with Crippen molar-refractivity contribution in [1.29, 1.82) is 0 Å². The van der Waals surface area contributed by atoms with Crippen molar-refractivity contribution >= 4 is 35.2 Å². The molecule has 1 aliphatic rings. The van der Waals surface area contributed by atoms with Crippen molar-refractivity contribution in [1.82, 2.24) is 25.4 Å². The molecule has 12 heteroatoms. The number of anilines is 2. The molecular weight excluding hydrogens is 462 g/mol. The summed E-state index contributed by atoms with van der Waals surface area (Å²) in [7, 11) is 1.58. The minimum absolute atomic E-state index is 0.0498. The summed E-state index contributed by atoms with van der Waals surface area (Å²) >= 11 is 5.91. The summed E-state index contributed by atoms with van der Waals surface area (Å²) in [6.45, 7) is 1.26. The van der Waals surface area contributed by atoms with Crippen molar-refractivity contribution in [3.05, 3.63) is 59.7 Å². The van der Waals surface area contributed by atoms with Crippen molar-refractivity contribution in [2.24, 2.45) is 0 Å². The van der Waals surface area contributed by atoms with Gasteiger partial charge in [-0.25, -0.2) is 4.79 Å². The van der Waals surface area contributed by atoms with E-state index in [2.05, 4.69) is 31.1 Å². The molecule has 1 aromatic carbocycles. The van der Waals surface area contributed by atoms with Crippen LogP contribution in [0, 0.1) is 0 Å². The predicted octanol–water partition coefficient (Wildman–Crippen LogP) is 2.74. The van der Waals surface area contributed by atoms with E-state index in [-0.39, 0.29) is 36.5 Å². The van der Waals surface area contributed by atoms with E-state index in [1.165, 1.54) is 0 Å². The van der Waals surface area contributed by atoms with Gasteiger partial charge in [0, 0.05) is 41.5 Å². The van der Waals surface area contributed by atoms with E-state index in [0.29, 0.717) is 36.0 Å². The monoisotopic (exact) mass is 485 g/mol. The fourth-order valence-corrected chi connectivity index (χ4v) is 3.95. The maximum absolute atomic E-state index is 12.7. The van der Waals surface area contributed by atoms with E-state index in [1.54, 1.807) is 37.6 Å². The normalized spacial score (nSPS) is 18.2. The molecule has 0 bridgehead atoms. The number of rotatable bonds is 7. The van der Waals surface area contributed by atoms with E-state index < -0.39 is 0 Å². The average Bonchev–Trinajstić information content (AvgIpc) is 3.34. The van der Waals surface area contributed by atoms with E-state index in [1.807, 2.05) is 17.0 Å².